The Labute approximate surface area is 279 Å². The van der Waals surface area contributed by atoms with Crippen LogP contribution in [0.2, 0.25) is 0 Å². The second-order valence-electron chi connectivity index (χ2n) is 13.5. The Morgan fingerprint density at radius 3 is 2.48 bits per heavy atom. The van der Waals surface area contributed by atoms with Gasteiger partial charge < -0.3 is 23.9 Å². The number of ether oxygens (including phenoxy) is 1. The van der Waals surface area contributed by atoms with Gasteiger partial charge in [-0.2, -0.15) is 0 Å². The Balaban J connectivity index is 1.27. The zero-order valence-corrected chi connectivity index (χ0v) is 29.0. The van der Waals surface area contributed by atoms with E-state index in [-0.39, 0.29) is 35.9 Å². The van der Waals surface area contributed by atoms with Crippen molar-refractivity contribution in [2.75, 3.05) is 70.8 Å². The first kappa shape index (κ1) is 33.9. The van der Waals surface area contributed by atoms with Crippen molar-refractivity contribution >= 4 is 44.2 Å². The molecule has 2 aliphatic heterocycles. The van der Waals surface area contributed by atoms with Crippen LogP contribution in [-0.2, 0) is 27.7 Å². The third kappa shape index (κ3) is 5.83. The van der Waals surface area contributed by atoms with Gasteiger partial charge in [0.15, 0.2) is 5.82 Å². The molecule has 3 aromatic rings. The van der Waals surface area contributed by atoms with Crippen molar-refractivity contribution in [2.24, 2.45) is 0 Å². The van der Waals surface area contributed by atoms with E-state index in [1.807, 2.05) is 13.0 Å². The number of piperazine rings is 1. The van der Waals surface area contributed by atoms with Gasteiger partial charge in [0.1, 0.15) is 5.58 Å². The molecule has 48 heavy (non-hydrogen) atoms. The number of aryl methyl sites for hydroxylation is 1. The number of amides is 2. The van der Waals surface area contributed by atoms with Gasteiger partial charge in [0.2, 0.25) is 10.0 Å². The predicted molar refractivity (Wildman–Crippen MR) is 181 cm³/mol. The summed E-state index contributed by atoms with van der Waals surface area (Å²) >= 11 is 0. The molecule has 258 valence electrons. The van der Waals surface area contributed by atoms with Gasteiger partial charge in [-0.25, -0.2) is 22.3 Å². The highest BCUT2D eigenvalue weighted by Crippen LogP contribution is 2.42. The van der Waals surface area contributed by atoms with Crippen LogP contribution < -0.4 is 20.1 Å². The number of carbonyl (C=O) groups excluding carboxylic acids is 2. The summed E-state index contributed by atoms with van der Waals surface area (Å²) in [6.07, 6.45) is 1.22. The van der Waals surface area contributed by atoms with E-state index < -0.39 is 38.0 Å². The lowest BCUT2D eigenvalue weighted by Gasteiger charge is -2.41. The first-order valence-electron chi connectivity index (χ1n) is 16.1. The number of fused-ring (bicyclic) bond motifs is 3. The molecule has 0 unspecified atom stereocenters. The number of hydrogen-bond donors (Lipinski definition) is 1. The average Bonchev–Trinajstić information content (AvgIpc) is 3.81. The van der Waals surface area contributed by atoms with Crippen LogP contribution in [0, 0.1) is 12.7 Å². The first-order chi connectivity index (χ1) is 22.7. The standard InChI is InChI=1S/C34H42FN5O7S/c1-20-27(39-16-15-38(5)21(17-39)19-46-6)10-9-23-22-11-14-40(18-26(22)33(43)47-30(20)23)32(42)24-7-8-25(29(28(24)35)37(3)4)31(41)36-48(44,45)34(2)12-13-34/h7-10,21H,11-19H2,1-6H3,(H,36,41)/t21-/m1/s1. The fourth-order valence-electron chi connectivity index (χ4n) is 6.77. The summed E-state index contributed by atoms with van der Waals surface area (Å²) < 4.78 is 53.7. The Kier molecular flexibility index (Phi) is 8.79. The van der Waals surface area contributed by atoms with Gasteiger partial charge in [0, 0.05) is 64.0 Å². The summed E-state index contributed by atoms with van der Waals surface area (Å²) in [4.78, 5) is 47.4. The smallest absolute Gasteiger partial charge is 0.341 e. The lowest BCUT2D eigenvalue weighted by molar-refractivity contribution is 0.0727. The van der Waals surface area contributed by atoms with Crippen LogP contribution >= 0.6 is 0 Å². The Hall–Kier alpha value is -4.01. The predicted octanol–water partition coefficient (Wildman–Crippen LogP) is 2.88. The van der Waals surface area contributed by atoms with E-state index in [0.717, 1.165) is 41.8 Å². The van der Waals surface area contributed by atoms with E-state index >= 15 is 4.39 Å². The summed E-state index contributed by atoms with van der Waals surface area (Å²) in [7, 11) is 2.83. The van der Waals surface area contributed by atoms with Gasteiger partial charge in [-0.05, 0) is 70.0 Å². The normalized spacial score (nSPS) is 19.3. The van der Waals surface area contributed by atoms with Crippen LogP contribution in [0.4, 0.5) is 15.8 Å². The molecule has 12 nitrogen and oxygen atoms in total. The number of benzene rings is 2. The van der Waals surface area contributed by atoms with Crippen LogP contribution in [0.5, 0.6) is 0 Å². The molecule has 0 spiro atoms. The lowest BCUT2D eigenvalue weighted by Crippen LogP contribution is -2.53. The molecule has 0 bridgehead atoms. The topological polar surface area (TPSA) is 133 Å². The first-order valence-corrected chi connectivity index (χ1v) is 17.5. The molecule has 1 atom stereocenters. The molecule has 0 radical (unpaired) electrons. The number of hydrogen-bond acceptors (Lipinski definition) is 10. The zero-order valence-electron chi connectivity index (χ0n) is 28.2. The van der Waals surface area contributed by atoms with Crippen molar-refractivity contribution in [3.8, 4) is 0 Å². The molecule has 2 aromatic carbocycles. The number of rotatable bonds is 8. The van der Waals surface area contributed by atoms with E-state index in [9.17, 15) is 22.8 Å². The van der Waals surface area contributed by atoms with Crippen molar-refractivity contribution < 1.29 is 31.6 Å². The highest BCUT2D eigenvalue weighted by molar-refractivity contribution is 7.91. The minimum Gasteiger partial charge on any atom is -0.422 e. The number of anilines is 2. The molecule has 1 N–H and O–H groups in total. The number of sulfonamides is 1. The number of halogens is 1. The fourth-order valence-corrected chi connectivity index (χ4v) is 8.01. The molecule has 1 saturated carbocycles. The highest BCUT2D eigenvalue weighted by Gasteiger charge is 2.51. The summed E-state index contributed by atoms with van der Waals surface area (Å²) in [6, 6.07) is 6.69. The van der Waals surface area contributed by atoms with Gasteiger partial charge in [0.25, 0.3) is 11.8 Å². The van der Waals surface area contributed by atoms with Crippen molar-refractivity contribution in [1.29, 1.82) is 0 Å². The second-order valence-corrected chi connectivity index (χ2v) is 15.7. The van der Waals surface area contributed by atoms with Crippen LogP contribution in [0.25, 0.3) is 11.0 Å². The second kappa shape index (κ2) is 12.5. The van der Waals surface area contributed by atoms with E-state index in [2.05, 4.69) is 27.6 Å². The van der Waals surface area contributed by atoms with E-state index in [0.29, 0.717) is 37.0 Å². The number of nitrogens with zero attached hydrogens (tertiary/aromatic N) is 4. The summed E-state index contributed by atoms with van der Waals surface area (Å²) in [5.41, 5.74) is 2.28. The molecular formula is C34H42FN5O7S. The molecular weight excluding hydrogens is 641 g/mol. The Bertz CT molecular complexity index is 1970. The van der Waals surface area contributed by atoms with Gasteiger partial charge in [0.05, 0.1) is 46.3 Å². The Morgan fingerprint density at radius 2 is 1.81 bits per heavy atom. The van der Waals surface area contributed by atoms with Crippen molar-refractivity contribution in [3.05, 3.63) is 68.3 Å². The molecule has 14 heteroatoms. The molecule has 2 fully saturated rings. The van der Waals surface area contributed by atoms with Gasteiger partial charge >= 0.3 is 5.63 Å². The SMILES string of the molecule is COC[C@H]1CN(c2ccc3c4c(c(=O)oc3c2C)CN(C(=O)c2ccc(C(=O)NS(=O)(=O)C3(C)CC3)c(N(C)C)c2F)CC4)CCN1C. The maximum absolute atomic E-state index is 16.0. The molecule has 3 aliphatic rings. The minimum atomic E-state index is -3.96. The van der Waals surface area contributed by atoms with Gasteiger partial charge in [-0.1, -0.05) is 0 Å². The van der Waals surface area contributed by atoms with Crippen molar-refractivity contribution in [3.63, 3.8) is 0 Å². The molecule has 1 saturated heterocycles. The van der Waals surface area contributed by atoms with Crippen LogP contribution in [0.15, 0.2) is 33.5 Å². The largest absolute Gasteiger partial charge is 0.422 e. The van der Waals surface area contributed by atoms with Gasteiger partial charge in [-0.3, -0.25) is 14.5 Å². The summed E-state index contributed by atoms with van der Waals surface area (Å²) in [5.74, 6) is -2.58. The quantitative estimate of drug-likeness (QED) is 0.354. The third-order valence-electron chi connectivity index (χ3n) is 10.1. The minimum absolute atomic E-state index is 0.0692. The van der Waals surface area contributed by atoms with E-state index in [1.165, 1.54) is 36.0 Å². The van der Waals surface area contributed by atoms with Crippen molar-refractivity contribution in [1.82, 2.24) is 14.5 Å². The van der Waals surface area contributed by atoms with Crippen molar-refractivity contribution in [2.45, 2.75) is 50.4 Å². The molecule has 6 rings (SSSR count). The van der Waals surface area contributed by atoms with E-state index in [4.69, 9.17) is 9.15 Å². The monoisotopic (exact) mass is 683 g/mol. The lowest BCUT2D eigenvalue weighted by atomic mass is 9.95. The fraction of sp³-hybridized carbons (Fsp3) is 0.500. The molecule has 3 heterocycles. The molecule has 1 aliphatic carbocycles. The number of carbonyl (C=O) groups is 2. The number of nitrogens with one attached hydrogen (secondary N) is 1. The third-order valence-corrected chi connectivity index (χ3v) is 12.3. The zero-order chi connectivity index (χ0) is 34.7. The van der Waals surface area contributed by atoms with Crippen LogP contribution in [0.3, 0.4) is 0 Å². The number of likely N-dealkylation sites (N-methyl/N-ethyl adjacent to an activating group) is 1. The molecule has 2 amide bonds. The average molecular weight is 684 g/mol. The summed E-state index contributed by atoms with van der Waals surface area (Å²) in [6.45, 7) is 6.75. The van der Waals surface area contributed by atoms with E-state index in [1.54, 1.807) is 14.0 Å². The number of methoxy groups -OCH3 is 1. The highest BCUT2D eigenvalue weighted by atomic mass is 32.2. The Morgan fingerprint density at radius 1 is 1.10 bits per heavy atom. The summed E-state index contributed by atoms with van der Waals surface area (Å²) in [5, 5.41) is 0.812. The maximum Gasteiger partial charge on any atom is 0.341 e. The van der Waals surface area contributed by atoms with Crippen LogP contribution in [0.1, 0.15) is 57.2 Å². The molecule has 1 aromatic heterocycles. The van der Waals surface area contributed by atoms with Crippen LogP contribution in [-0.4, -0.2) is 102 Å². The van der Waals surface area contributed by atoms with Gasteiger partial charge in [-0.15, -0.1) is 0 Å². The maximum atomic E-state index is 16.0.